The fraction of sp³-hybridized carbons (Fsp3) is 0.294. The van der Waals surface area contributed by atoms with E-state index < -0.39 is 0 Å². The van der Waals surface area contributed by atoms with Crippen molar-refractivity contribution in [2.45, 2.75) is 28.9 Å². The van der Waals surface area contributed by atoms with E-state index in [2.05, 4.69) is 27.8 Å². The summed E-state index contributed by atoms with van der Waals surface area (Å²) >= 11 is 6.94. The lowest BCUT2D eigenvalue weighted by Gasteiger charge is -2.14. The second-order valence-electron chi connectivity index (χ2n) is 5.27. The summed E-state index contributed by atoms with van der Waals surface area (Å²) in [4.78, 5) is 5.63. The van der Waals surface area contributed by atoms with Crippen molar-refractivity contribution in [2.24, 2.45) is 0 Å². The highest BCUT2D eigenvalue weighted by molar-refractivity contribution is 7.99. The molecule has 1 aromatic heterocycles. The molecule has 4 nitrogen and oxygen atoms in total. The van der Waals surface area contributed by atoms with Crippen LogP contribution in [0.1, 0.15) is 12.8 Å². The number of aromatic nitrogens is 1. The molecule has 1 aliphatic rings. The summed E-state index contributed by atoms with van der Waals surface area (Å²) < 4.78 is 5.56. The van der Waals surface area contributed by atoms with E-state index in [4.69, 9.17) is 17.0 Å². The van der Waals surface area contributed by atoms with Crippen LogP contribution in [-0.2, 0) is 4.74 Å². The third-order valence-corrected chi connectivity index (χ3v) is 4.68. The zero-order chi connectivity index (χ0) is 15.9. The zero-order valence-corrected chi connectivity index (χ0v) is 14.3. The van der Waals surface area contributed by atoms with Crippen LogP contribution in [0.25, 0.3) is 0 Å². The number of rotatable bonds is 5. The molecule has 6 heteroatoms. The van der Waals surface area contributed by atoms with Gasteiger partial charge in [0.25, 0.3) is 0 Å². The van der Waals surface area contributed by atoms with Crippen molar-refractivity contribution in [3.63, 3.8) is 0 Å². The van der Waals surface area contributed by atoms with E-state index in [-0.39, 0.29) is 6.10 Å². The average Bonchev–Trinajstić information content (AvgIpc) is 3.09. The molecular weight excluding hydrogens is 326 g/mol. The van der Waals surface area contributed by atoms with Crippen LogP contribution >= 0.6 is 24.0 Å². The van der Waals surface area contributed by atoms with E-state index in [9.17, 15) is 0 Å². The Bertz CT molecular complexity index is 628. The van der Waals surface area contributed by atoms with Gasteiger partial charge in [0, 0.05) is 18.0 Å². The lowest BCUT2D eigenvalue weighted by molar-refractivity contribution is 0.114. The molecule has 1 saturated heterocycles. The van der Waals surface area contributed by atoms with Gasteiger partial charge in [-0.15, -0.1) is 0 Å². The lowest BCUT2D eigenvalue weighted by atomic mass is 10.2. The Morgan fingerprint density at radius 2 is 2.13 bits per heavy atom. The summed E-state index contributed by atoms with van der Waals surface area (Å²) in [6.07, 6.45) is 4.31. The van der Waals surface area contributed by atoms with Crippen molar-refractivity contribution in [1.82, 2.24) is 10.3 Å². The van der Waals surface area contributed by atoms with Gasteiger partial charge in [-0.1, -0.05) is 30.0 Å². The Morgan fingerprint density at radius 1 is 1.26 bits per heavy atom. The summed E-state index contributed by atoms with van der Waals surface area (Å²) in [5.74, 6) is 0. The monoisotopic (exact) mass is 345 g/mol. The first-order valence-corrected chi connectivity index (χ1v) is 8.87. The summed E-state index contributed by atoms with van der Waals surface area (Å²) in [6, 6.07) is 14.2. The normalized spacial score (nSPS) is 17.0. The van der Waals surface area contributed by atoms with E-state index in [0.29, 0.717) is 5.11 Å². The minimum Gasteiger partial charge on any atom is -0.376 e. The number of ether oxygens (including phenoxy) is 1. The van der Waals surface area contributed by atoms with Crippen LogP contribution < -0.4 is 10.6 Å². The van der Waals surface area contributed by atoms with E-state index in [1.54, 1.807) is 18.0 Å². The first-order valence-electron chi connectivity index (χ1n) is 7.65. The van der Waals surface area contributed by atoms with Gasteiger partial charge >= 0.3 is 0 Å². The predicted molar refractivity (Wildman–Crippen MR) is 98.0 cm³/mol. The third kappa shape index (κ3) is 5.20. The third-order valence-electron chi connectivity index (χ3n) is 3.47. The number of thiocarbonyl (C=S) groups is 1. The standard InChI is InChI=1S/C17H19N3OS2/c22-17(19-12-14-5-4-10-21-14)20-13-8-9-16(18-11-13)23-15-6-2-1-3-7-15/h1-3,6-9,11,14H,4-5,10,12H2,(H2,19,20,22)/t14-/m1/s1. The molecule has 1 atom stereocenters. The maximum atomic E-state index is 5.56. The number of anilines is 1. The maximum Gasteiger partial charge on any atom is 0.170 e. The summed E-state index contributed by atoms with van der Waals surface area (Å²) in [5, 5.41) is 7.90. The molecule has 0 unspecified atom stereocenters. The number of hydrogen-bond acceptors (Lipinski definition) is 4. The van der Waals surface area contributed by atoms with Crippen LogP contribution in [0.4, 0.5) is 5.69 Å². The lowest BCUT2D eigenvalue weighted by Crippen LogP contribution is -2.34. The minimum absolute atomic E-state index is 0.275. The highest BCUT2D eigenvalue weighted by atomic mass is 32.2. The number of hydrogen-bond donors (Lipinski definition) is 2. The summed E-state index contributed by atoms with van der Waals surface area (Å²) in [6.45, 7) is 1.61. The molecule has 2 aromatic rings. The number of benzene rings is 1. The Morgan fingerprint density at radius 3 is 2.83 bits per heavy atom. The van der Waals surface area contributed by atoms with Crippen LogP contribution in [0, 0.1) is 0 Å². The van der Waals surface area contributed by atoms with Crippen molar-refractivity contribution >= 4 is 34.8 Å². The highest BCUT2D eigenvalue weighted by Gasteiger charge is 2.15. The molecule has 1 fully saturated rings. The van der Waals surface area contributed by atoms with E-state index in [0.717, 1.165) is 36.7 Å². The van der Waals surface area contributed by atoms with Crippen molar-refractivity contribution in [2.75, 3.05) is 18.5 Å². The molecule has 0 aliphatic carbocycles. The van der Waals surface area contributed by atoms with Crippen LogP contribution in [0.15, 0.2) is 58.6 Å². The van der Waals surface area contributed by atoms with Gasteiger partial charge in [0.15, 0.2) is 5.11 Å². The molecule has 0 radical (unpaired) electrons. The van der Waals surface area contributed by atoms with E-state index in [1.807, 2.05) is 30.3 Å². The maximum absolute atomic E-state index is 5.56. The summed E-state index contributed by atoms with van der Waals surface area (Å²) in [7, 11) is 0. The largest absolute Gasteiger partial charge is 0.376 e. The number of nitrogens with zero attached hydrogens (tertiary/aromatic N) is 1. The zero-order valence-electron chi connectivity index (χ0n) is 12.7. The van der Waals surface area contributed by atoms with E-state index >= 15 is 0 Å². The molecule has 23 heavy (non-hydrogen) atoms. The molecule has 2 heterocycles. The minimum atomic E-state index is 0.275. The average molecular weight is 345 g/mol. The van der Waals surface area contributed by atoms with Crippen molar-refractivity contribution < 1.29 is 4.74 Å². The predicted octanol–water partition coefficient (Wildman–Crippen LogP) is 3.70. The smallest absolute Gasteiger partial charge is 0.170 e. The first-order chi connectivity index (χ1) is 11.3. The van der Waals surface area contributed by atoms with Gasteiger partial charge < -0.3 is 15.4 Å². The Labute approximate surface area is 146 Å². The molecule has 3 rings (SSSR count). The quantitative estimate of drug-likeness (QED) is 0.806. The molecule has 1 aromatic carbocycles. The van der Waals surface area contributed by atoms with Crippen LogP contribution in [-0.4, -0.2) is 29.4 Å². The second-order valence-corrected chi connectivity index (χ2v) is 6.77. The van der Waals surface area contributed by atoms with Gasteiger partial charge in [-0.3, -0.25) is 0 Å². The highest BCUT2D eigenvalue weighted by Crippen LogP contribution is 2.25. The molecule has 120 valence electrons. The van der Waals surface area contributed by atoms with Crippen molar-refractivity contribution in [1.29, 1.82) is 0 Å². The second kappa shape index (κ2) is 8.29. The van der Waals surface area contributed by atoms with Crippen molar-refractivity contribution in [3.8, 4) is 0 Å². The SMILES string of the molecule is S=C(NC[C@H]1CCCO1)Nc1ccc(Sc2ccccc2)nc1. The Balaban J connectivity index is 1.47. The van der Waals surface area contributed by atoms with Crippen molar-refractivity contribution in [3.05, 3.63) is 48.7 Å². The topological polar surface area (TPSA) is 46.2 Å². The van der Waals surface area contributed by atoms with Crippen LogP contribution in [0.3, 0.4) is 0 Å². The van der Waals surface area contributed by atoms with Gasteiger partial charge in [-0.05, 0) is 49.3 Å². The molecule has 0 saturated carbocycles. The summed E-state index contributed by atoms with van der Waals surface area (Å²) in [5.41, 5.74) is 0.882. The van der Waals surface area contributed by atoms with Gasteiger partial charge in [0.2, 0.25) is 0 Å². The number of nitrogens with one attached hydrogen (secondary N) is 2. The molecule has 0 spiro atoms. The Hall–Kier alpha value is -1.63. The molecule has 0 amide bonds. The fourth-order valence-corrected chi connectivity index (χ4v) is 3.29. The van der Waals surface area contributed by atoms with Gasteiger partial charge in [0.1, 0.15) is 5.03 Å². The van der Waals surface area contributed by atoms with Gasteiger partial charge in [-0.2, -0.15) is 0 Å². The van der Waals surface area contributed by atoms with Gasteiger partial charge in [-0.25, -0.2) is 4.98 Å². The van der Waals surface area contributed by atoms with Crippen LogP contribution in [0.5, 0.6) is 0 Å². The van der Waals surface area contributed by atoms with Crippen LogP contribution in [0.2, 0.25) is 0 Å². The fourth-order valence-electron chi connectivity index (χ4n) is 2.31. The number of pyridine rings is 1. The van der Waals surface area contributed by atoms with Gasteiger partial charge in [0.05, 0.1) is 18.0 Å². The molecular formula is C17H19N3OS2. The molecule has 2 N–H and O–H groups in total. The van der Waals surface area contributed by atoms with E-state index in [1.165, 1.54) is 4.90 Å². The first kappa shape index (κ1) is 16.2. The molecule has 1 aliphatic heterocycles. The Kier molecular flexibility index (Phi) is 5.85. The molecule has 0 bridgehead atoms.